The van der Waals surface area contributed by atoms with Crippen LogP contribution in [-0.2, 0) is 10.0 Å². The summed E-state index contributed by atoms with van der Waals surface area (Å²) >= 11 is 0. The summed E-state index contributed by atoms with van der Waals surface area (Å²) in [5, 5.41) is 0. The van der Waals surface area contributed by atoms with Crippen LogP contribution in [0.4, 0.5) is 0 Å². The Bertz CT molecular complexity index is 748. The predicted octanol–water partition coefficient (Wildman–Crippen LogP) is 1.85. The van der Waals surface area contributed by atoms with E-state index in [1.165, 1.54) is 16.4 Å². The molecule has 0 saturated heterocycles. The fourth-order valence-corrected chi connectivity index (χ4v) is 3.77. The molecule has 22 heavy (non-hydrogen) atoms. The van der Waals surface area contributed by atoms with E-state index in [-0.39, 0.29) is 23.5 Å². The molecule has 1 aromatic carbocycles. The first-order valence-electron chi connectivity index (χ1n) is 6.82. The summed E-state index contributed by atoms with van der Waals surface area (Å²) in [6.45, 7) is 4.19. The Balaban J connectivity index is 2.24. The highest BCUT2D eigenvalue weighted by molar-refractivity contribution is 7.89. The lowest BCUT2D eigenvalue weighted by Crippen LogP contribution is -2.31. The van der Waals surface area contributed by atoms with Gasteiger partial charge in [-0.1, -0.05) is 36.4 Å². The molecule has 6 heteroatoms. The largest absolute Gasteiger partial charge is 0.366 e. The van der Waals surface area contributed by atoms with E-state index in [0.717, 1.165) is 12.0 Å². The fourth-order valence-electron chi connectivity index (χ4n) is 2.21. The van der Waals surface area contributed by atoms with Crippen molar-refractivity contribution in [1.29, 1.82) is 0 Å². The van der Waals surface area contributed by atoms with Crippen molar-refractivity contribution in [2.45, 2.75) is 11.3 Å². The molecule has 1 heterocycles. The first kappa shape index (κ1) is 16.2. The number of sulfonamides is 1. The maximum Gasteiger partial charge on any atom is 0.250 e. The molecule has 0 radical (unpaired) electrons. The summed E-state index contributed by atoms with van der Waals surface area (Å²) in [4.78, 5) is 11.4. The van der Waals surface area contributed by atoms with Gasteiger partial charge < -0.3 is 5.73 Å². The van der Waals surface area contributed by atoms with Crippen LogP contribution in [0, 0.1) is 0 Å². The topological polar surface area (TPSA) is 80.5 Å². The Kier molecular flexibility index (Phi) is 4.95. The molecule has 0 spiro atoms. The lowest BCUT2D eigenvalue weighted by Gasteiger charge is -2.17. The van der Waals surface area contributed by atoms with Gasteiger partial charge in [0.15, 0.2) is 0 Å². The summed E-state index contributed by atoms with van der Waals surface area (Å²) < 4.78 is 26.7. The van der Waals surface area contributed by atoms with Crippen LogP contribution in [0.3, 0.4) is 0 Å². The molecular weight excluding hydrogens is 300 g/mol. The summed E-state index contributed by atoms with van der Waals surface area (Å²) in [5.41, 5.74) is 6.19. The molecule has 2 N–H and O–H groups in total. The van der Waals surface area contributed by atoms with Gasteiger partial charge in [0, 0.05) is 13.1 Å². The van der Waals surface area contributed by atoms with Crippen molar-refractivity contribution in [3.63, 3.8) is 0 Å². The molecule has 0 bridgehead atoms. The van der Waals surface area contributed by atoms with Crippen LogP contribution in [0.2, 0.25) is 0 Å². The third-order valence-corrected chi connectivity index (χ3v) is 5.19. The van der Waals surface area contributed by atoms with E-state index < -0.39 is 15.9 Å². The van der Waals surface area contributed by atoms with Crippen LogP contribution in [0.1, 0.15) is 16.8 Å². The molecule has 0 aromatic heterocycles. The maximum atomic E-state index is 12.7. The molecule has 0 atom stereocenters. The van der Waals surface area contributed by atoms with Gasteiger partial charge in [0.25, 0.3) is 0 Å². The van der Waals surface area contributed by atoms with Gasteiger partial charge in [-0.2, -0.15) is 4.31 Å². The average molecular weight is 318 g/mol. The van der Waals surface area contributed by atoms with Crippen molar-refractivity contribution in [2.75, 3.05) is 13.1 Å². The zero-order valence-electron chi connectivity index (χ0n) is 12.1. The molecule has 0 saturated carbocycles. The highest BCUT2D eigenvalue weighted by Crippen LogP contribution is 2.24. The Labute approximate surface area is 130 Å². The van der Waals surface area contributed by atoms with Gasteiger partial charge >= 0.3 is 0 Å². The van der Waals surface area contributed by atoms with Gasteiger partial charge in [0.1, 0.15) is 0 Å². The van der Waals surface area contributed by atoms with E-state index in [0.29, 0.717) is 0 Å². The Morgan fingerprint density at radius 2 is 2.09 bits per heavy atom. The molecule has 0 fully saturated rings. The molecule has 0 unspecified atom stereocenters. The van der Waals surface area contributed by atoms with Gasteiger partial charge in [-0.25, -0.2) is 8.42 Å². The molecule has 1 aliphatic rings. The molecule has 5 nitrogen and oxygen atoms in total. The Morgan fingerprint density at radius 3 is 2.77 bits per heavy atom. The van der Waals surface area contributed by atoms with Crippen molar-refractivity contribution >= 4 is 15.9 Å². The van der Waals surface area contributed by atoms with Crippen LogP contribution >= 0.6 is 0 Å². The zero-order valence-corrected chi connectivity index (χ0v) is 12.9. The fraction of sp³-hybridized carbons (Fsp3) is 0.188. The number of primary amides is 1. The molecule has 2 rings (SSSR count). The molecule has 1 aromatic rings. The lowest BCUT2D eigenvalue weighted by molar-refractivity contribution is 0.0997. The number of hydrogen-bond donors (Lipinski definition) is 1. The van der Waals surface area contributed by atoms with E-state index in [1.807, 2.05) is 18.2 Å². The van der Waals surface area contributed by atoms with E-state index in [2.05, 4.69) is 6.58 Å². The predicted molar refractivity (Wildman–Crippen MR) is 85.8 cm³/mol. The third kappa shape index (κ3) is 3.35. The average Bonchev–Trinajstić information content (AvgIpc) is 2.97. The smallest absolute Gasteiger partial charge is 0.250 e. The summed E-state index contributed by atoms with van der Waals surface area (Å²) in [6, 6.07) is 5.99. The summed E-state index contributed by atoms with van der Waals surface area (Å²) in [5.74, 6) is -0.752. The number of carbonyl (C=O) groups is 1. The number of nitrogens with zero attached hydrogens (tertiary/aromatic N) is 1. The van der Waals surface area contributed by atoms with E-state index >= 15 is 0 Å². The van der Waals surface area contributed by atoms with Crippen molar-refractivity contribution < 1.29 is 13.2 Å². The van der Waals surface area contributed by atoms with Gasteiger partial charge in [-0.05, 0) is 24.1 Å². The van der Waals surface area contributed by atoms with Crippen molar-refractivity contribution in [1.82, 2.24) is 4.31 Å². The van der Waals surface area contributed by atoms with Crippen LogP contribution in [-0.4, -0.2) is 31.7 Å². The number of hydrogen-bond acceptors (Lipinski definition) is 3. The number of allylic oxidation sites excluding steroid dienone is 2. The number of benzene rings is 1. The molecule has 1 aliphatic heterocycles. The first-order valence-corrected chi connectivity index (χ1v) is 8.26. The second kappa shape index (κ2) is 6.72. The minimum atomic E-state index is -3.75. The Morgan fingerprint density at radius 1 is 1.36 bits per heavy atom. The molecular formula is C16H18N2O3S. The van der Waals surface area contributed by atoms with Crippen LogP contribution in [0.25, 0.3) is 0 Å². The van der Waals surface area contributed by atoms with E-state index in [4.69, 9.17) is 5.73 Å². The minimum Gasteiger partial charge on any atom is -0.366 e. The highest BCUT2D eigenvalue weighted by atomic mass is 32.2. The van der Waals surface area contributed by atoms with Gasteiger partial charge in [0.05, 0.1) is 10.5 Å². The molecule has 116 valence electrons. The van der Waals surface area contributed by atoms with Crippen molar-refractivity contribution in [2.24, 2.45) is 5.73 Å². The second-order valence-corrected chi connectivity index (χ2v) is 6.77. The SMILES string of the molecule is C=CC/C=C/C1=CCN(S(=O)(=O)c2ccccc2C(N)=O)C1. The van der Waals surface area contributed by atoms with Crippen LogP contribution < -0.4 is 5.73 Å². The van der Waals surface area contributed by atoms with Crippen LogP contribution in [0.15, 0.2) is 65.6 Å². The molecule has 0 aliphatic carbocycles. The number of amides is 1. The quantitative estimate of drug-likeness (QED) is 0.813. The normalized spacial score (nSPS) is 15.9. The monoisotopic (exact) mass is 318 g/mol. The van der Waals surface area contributed by atoms with Crippen molar-refractivity contribution in [3.05, 3.63) is 66.3 Å². The lowest BCUT2D eigenvalue weighted by atomic mass is 10.2. The van der Waals surface area contributed by atoms with Gasteiger partial charge in [-0.15, -0.1) is 6.58 Å². The number of nitrogens with two attached hydrogens (primary N) is 1. The summed E-state index contributed by atoms with van der Waals surface area (Å²) in [7, 11) is -3.75. The number of rotatable bonds is 6. The third-order valence-electron chi connectivity index (χ3n) is 3.32. The van der Waals surface area contributed by atoms with Gasteiger partial charge in [0.2, 0.25) is 15.9 Å². The second-order valence-electron chi connectivity index (χ2n) is 4.86. The Hall–Kier alpha value is -2.18. The van der Waals surface area contributed by atoms with Gasteiger partial charge in [-0.3, -0.25) is 4.79 Å². The molecule has 1 amide bonds. The van der Waals surface area contributed by atoms with E-state index in [9.17, 15) is 13.2 Å². The summed E-state index contributed by atoms with van der Waals surface area (Å²) in [6.07, 6.45) is 8.16. The highest BCUT2D eigenvalue weighted by Gasteiger charge is 2.30. The maximum absolute atomic E-state index is 12.7. The standard InChI is InChI=1S/C16H18N2O3S/c1-2-3-4-7-13-10-11-18(12-13)22(20,21)15-9-6-5-8-14(15)16(17)19/h2,4-10H,1,3,11-12H2,(H2,17,19)/b7-4+. The van der Waals surface area contributed by atoms with Crippen LogP contribution in [0.5, 0.6) is 0 Å². The minimum absolute atomic E-state index is 0.0122. The van der Waals surface area contributed by atoms with E-state index in [1.54, 1.807) is 18.2 Å². The first-order chi connectivity index (χ1) is 10.5. The zero-order chi connectivity index (χ0) is 16.2. The number of carbonyl (C=O) groups excluding carboxylic acids is 1. The van der Waals surface area contributed by atoms with Crippen molar-refractivity contribution in [3.8, 4) is 0 Å².